The van der Waals surface area contributed by atoms with E-state index in [4.69, 9.17) is 11.6 Å². The first-order valence-corrected chi connectivity index (χ1v) is 11.1. The van der Waals surface area contributed by atoms with Crippen molar-refractivity contribution in [2.45, 2.75) is 31.1 Å². The van der Waals surface area contributed by atoms with E-state index in [1.165, 1.54) is 10.4 Å². The van der Waals surface area contributed by atoms with Crippen LogP contribution in [0, 0.1) is 10.1 Å². The van der Waals surface area contributed by atoms with Crippen molar-refractivity contribution in [1.29, 1.82) is 0 Å². The summed E-state index contributed by atoms with van der Waals surface area (Å²) >= 11 is 5.88. The number of halogens is 1. The molecule has 1 aliphatic rings. The first-order chi connectivity index (χ1) is 13.5. The Labute approximate surface area is 176 Å². The topological polar surface area (TPSA) is 83.8 Å². The number of rotatable bonds is 4. The van der Waals surface area contributed by atoms with Crippen LogP contribution < -0.4 is 4.90 Å². The monoisotopic (exact) mass is 437 g/mol. The Morgan fingerprint density at radius 1 is 1.00 bits per heavy atom. The van der Waals surface area contributed by atoms with Crippen molar-refractivity contribution < 1.29 is 13.3 Å². The van der Waals surface area contributed by atoms with Gasteiger partial charge in [0.2, 0.25) is 10.0 Å². The molecule has 9 heteroatoms. The Morgan fingerprint density at radius 2 is 1.59 bits per heavy atom. The summed E-state index contributed by atoms with van der Waals surface area (Å²) in [5, 5.41) is 11.6. The average molecular weight is 438 g/mol. The molecule has 2 aromatic rings. The molecule has 156 valence electrons. The molecule has 0 atom stereocenters. The van der Waals surface area contributed by atoms with Gasteiger partial charge in [-0.2, -0.15) is 4.31 Å². The fraction of sp³-hybridized carbons (Fsp3) is 0.400. The minimum absolute atomic E-state index is 0.0544. The minimum Gasteiger partial charge on any atom is -0.363 e. The van der Waals surface area contributed by atoms with Crippen LogP contribution in [0.15, 0.2) is 47.4 Å². The molecule has 0 bridgehead atoms. The average Bonchev–Trinajstić information content (AvgIpc) is 2.67. The van der Waals surface area contributed by atoms with Crippen LogP contribution in [-0.2, 0) is 15.4 Å². The number of benzene rings is 2. The quantitative estimate of drug-likeness (QED) is 0.532. The number of nitrogens with zero attached hydrogens (tertiary/aromatic N) is 3. The summed E-state index contributed by atoms with van der Waals surface area (Å²) in [6.45, 7) is 7.46. The molecule has 0 saturated carbocycles. The second-order valence-corrected chi connectivity index (χ2v) is 10.4. The zero-order valence-corrected chi connectivity index (χ0v) is 18.2. The third kappa shape index (κ3) is 4.55. The van der Waals surface area contributed by atoms with E-state index < -0.39 is 14.9 Å². The summed E-state index contributed by atoms with van der Waals surface area (Å²) in [7, 11) is -3.61. The molecule has 0 unspecified atom stereocenters. The number of piperazine rings is 1. The van der Waals surface area contributed by atoms with E-state index in [1.54, 1.807) is 24.3 Å². The highest BCUT2D eigenvalue weighted by Gasteiger charge is 2.31. The Bertz CT molecular complexity index is 1010. The van der Waals surface area contributed by atoms with Crippen LogP contribution in [-0.4, -0.2) is 43.8 Å². The predicted octanol–water partition coefficient (Wildman–Crippen LogP) is 4.06. The van der Waals surface area contributed by atoms with E-state index in [1.807, 2.05) is 17.0 Å². The Hall–Kier alpha value is -2.16. The Balaban J connectivity index is 1.76. The molecule has 0 aliphatic carbocycles. The molecule has 1 saturated heterocycles. The lowest BCUT2D eigenvalue weighted by atomic mass is 9.87. The largest absolute Gasteiger partial charge is 0.363 e. The van der Waals surface area contributed by atoms with E-state index in [9.17, 15) is 18.5 Å². The molecule has 1 fully saturated rings. The zero-order chi connectivity index (χ0) is 21.4. The van der Waals surface area contributed by atoms with Crippen molar-refractivity contribution in [2.75, 3.05) is 31.1 Å². The van der Waals surface area contributed by atoms with Gasteiger partial charge in [-0.1, -0.05) is 44.5 Å². The van der Waals surface area contributed by atoms with Crippen LogP contribution in [0.3, 0.4) is 0 Å². The molecule has 2 aromatic carbocycles. The Morgan fingerprint density at radius 3 is 2.10 bits per heavy atom. The van der Waals surface area contributed by atoms with Crippen molar-refractivity contribution in [3.63, 3.8) is 0 Å². The molecule has 0 amide bonds. The van der Waals surface area contributed by atoms with Gasteiger partial charge in [0, 0.05) is 37.3 Å². The van der Waals surface area contributed by atoms with Crippen molar-refractivity contribution in [3.8, 4) is 0 Å². The first-order valence-electron chi connectivity index (χ1n) is 9.30. The standard InChI is InChI=1S/C20H24ClN3O4S/c1-20(2,3)15-4-7-17(8-5-15)29(27,28)23-12-10-22(11-13-23)18-9-6-16(21)14-19(18)24(25)26/h4-9,14H,10-13H2,1-3H3. The van der Waals surface area contributed by atoms with Crippen LogP contribution in [0.25, 0.3) is 0 Å². The van der Waals surface area contributed by atoms with Crippen molar-refractivity contribution >= 4 is 33.0 Å². The fourth-order valence-corrected chi connectivity index (χ4v) is 4.94. The van der Waals surface area contributed by atoms with Crippen LogP contribution in [0.5, 0.6) is 0 Å². The van der Waals surface area contributed by atoms with Crippen molar-refractivity contribution in [3.05, 3.63) is 63.2 Å². The summed E-state index contributed by atoms with van der Waals surface area (Å²) in [6.07, 6.45) is 0. The minimum atomic E-state index is -3.61. The van der Waals surface area contributed by atoms with E-state index in [0.717, 1.165) is 5.56 Å². The van der Waals surface area contributed by atoms with Gasteiger partial charge >= 0.3 is 0 Å². The summed E-state index contributed by atoms with van der Waals surface area (Å²) in [6, 6.07) is 11.5. The maximum Gasteiger partial charge on any atom is 0.294 e. The predicted molar refractivity (Wildman–Crippen MR) is 114 cm³/mol. The molecule has 0 N–H and O–H groups in total. The first kappa shape index (κ1) is 21.5. The molecule has 7 nitrogen and oxygen atoms in total. The number of hydrogen-bond donors (Lipinski definition) is 0. The van der Waals surface area contributed by atoms with Gasteiger partial charge in [0.15, 0.2) is 0 Å². The second kappa shape index (κ2) is 7.93. The van der Waals surface area contributed by atoms with E-state index in [2.05, 4.69) is 20.8 Å². The maximum absolute atomic E-state index is 13.0. The van der Waals surface area contributed by atoms with E-state index in [-0.39, 0.29) is 29.1 Å². The smallest absolute Gasteiger partial charge is 0.294 e. The fourth-order valence-electron chi connectivity index (χ4n) is 3.36. The van der Waals surface area contributed by atoms with Gasteiger partial charge in [-0.25, -0.2) is 8.42 Å². The van der Waals surface area contributed by atoms with Gasteiger partial charge in [-0.15, -0.1) is 0 Å². The Kier molecular flexibility index (Phi) is 5.89. The van der Waals surface area contributed by atoms with Crippen molar-refractivity contribution in [2.24, 2.45) is 0 Å². The lowest BCUT2D eigenvalue weighted by Gasteiger charge is -2.35. The molecule has 1 heterocycles. The van der Waals surface area contributed by atoms with Gasteiger partial charge in [0.05, 0.1) is 9.82 Å². The highest BCUT2D eigenvalue weighted by atomic mass is 35.5. The second-order valence-electron chi connectivity index (χ2n) is 8.06. The summed E-state index contributed by atoms with van der Waals surface area (Å²) < 4.78 is 27.4. The molecule has 29 heavy (non-hydrogen) atoms. The normalized spacial score (nSPS) is 16.1. The van der Waals surface area contributed by atoms with Gasteiger partial charge < -0.3 is 4.90 Å². The summed E-state index contributed by atoms with van der Waals surface area (Å²) in [4.78, 5) is 12.9. The summed E-state index contributed by atoms with van der Waals surface area (Å²) in [5.41, 5.74) is 1.38. The maximum atomic E-state index is 13.0. The number of sulfonamides is 1. The molecular formula is C20H24ClN3O4S. The van der Waals surface area contributed by atoms with Gasteiger partial charge in [0.25, 0.3) is 5.69 Å². The third-order valence-electron chi connectivity index (χ3n) is 5.07. The highest BCUT2D eigenvalue weighted by Crippen LogP contribution is 2.32. The van der Waals surface area contributed by atoms with Gasteiger partial charge in [-0.3, -0.25) is 10.1 Å². The molecule has 1 aliphatic heterocycles. The number of nitro benzene ring substituents is 1. The van der Waals surface area contributed by atoms with Crippen LogP contribution in [0.4, 0.5) is 11.4 Å². The molecular weight excluding hydrogens is 414 g/mol. The lowest BCUT2D eigenvalue weighted by Crippen LogP contribution is -2.48. The SMILES string of the molecule is CC(C)(C)c1ccc(S(=O)(=O)N2CCN(c3ccc(Cl)cc3[N+](=O)[O-])CC2)cc1. The number of hydrogen-bond acceptors (Lipinski definition) is 5. The van der Waals surface area contributed by atoms with Crippen LogP contribution >= 0.6 is 11.6 Å². The molecule has 0 spiro atoms. The van der Waals surface area contributed by atoms with Gasteiger partial charge in [-0.05, 0) is 35.2 Å². The summed E-state index contributed by atoms with van der Waals surface area (Å²) in [5.74, 6) is 0. The van der Waals surface area contributed by atoms with Crippen molar-refractivity contribution in [1.82, 2.24) is 4.31 Å². The van der Waals surface area contributed by atoms with Gasteiger partial charge in [0.1, 0.15) is 5.69 Å². The van der Waals surface area contributed by atoms with E-state index >= 15 is 0 Å². The lowest BCUT2D eigenvalue weighted by molar-refractivity contribution is -0.384. The highest BCUT2D eigenvalue weighted by molar-refractivity contribution is 7.89. The zero-order valence-electron chi connectivity index (χ0n) is 16.6. The van der Waals surface area contributed by atoms with Crippen LogP contribution in [0.2, 0.25) is 5.02 Å². The van der Waals surface area contributed by atoms with E-state index in [0.29, 0.717) is 23.8 Å². The molecule has 0 radical (unpaired) electrons. The molecule has 0 aromatic heterocycles. The number of anilines is 1. The molecule has 3 rings (SSSR count). The third-order valence-corrected chi connectivity index (χ3v) is 7.22. The van der Waals surface area contributed by atoms with Crippen LogP contribution in [0.1, 0.15) is 26.3 Å². The number of nitro groups is 1.